The molecule has 0 spiro atoms. The van der Waals surface area contributed by atoms with Crippen LogP contribution in [0.15, 0.2) is 0 Å². The van der Waals surface area contributed by atoms with E-state index in [9.17, 15) is 9.59 Å². The molecule has 3 rings (SSSR count). The Morgan fingerprint density at radius 1 is 0.870 bits per heavy atom. The lowest BCUT2D eigenvalue weighted by atomic mass is 9.67. The molecular formula is C18H31N3O2. The molecule has 0 aromatic heterocycles. The third-order valence-electron chi connectivity index (χ3n) is 6.15. The van der Waals surface area contributed by atoms with Crippen LogP contribution in [0.2, 0.25) is 0 Å². The number of carbonyl (C=O) groups is 2. The van der Waals surface area contributed by atoms with Gasteiger partial charge in [-0.05, 0) is 43.4 Å². The molecule has 3 aliphatic rings. The maximum atomic E-state index is 12.4. The zero-order chi connectivity index (χ0) is 16.2. The van der Waals surface area contributed by atoms with Gasteiger partial charge in [0.25, 0.3) is 0 Å². The number of rotatable bonds is 4. The summed E-state index contributed by atoms with van der Waals surface area (Å²) in [7, 11) is 0. The predicted molar refractivity (Wildman–Crippen MR) is 89.6 cm³/mol. The minimum Gasteiger partial charge on any atom is -0.339 e. The normalized spacial score (nSPS) is 31.1. The van der Waals surface area contributed by atoms with E-state index in [2.05, 4.69) is 0 Å². The van der Waals surface area contributed by atoms with Crippen molar-refractivity contribution in [3.63, 3.8) is 0 Å². The van der Waals surface area contributed by atoms with Crippen molar-refractivity contribution < 1.29 is 9.59 Å². The zero-order valence-electron chi connectivity index (χ0n) is 14.2. The van der Waals surface area contributed by atoms with Crippen LogP contribution in [0.3, 0.4) is 0 Å². The third-order valence-corrected chi connectivity index (χ3v) is 6.15. The molecule has 0 aromatic carbocycles. The monoisotopic (exact) mass is 321 g/mol. The van der Waals surface area contributed by atoms with Crippen LogP contribution in [0.4, 0.5) is 0 Å². The Morgan fingerprint density at radius 3 is 2.00 bits per heavy atom. The Balaban J connectivity index is 1.39. The van der Waals surface area contributed by atoms with Crippen LogP contribution in [0.1, 0.15) is 51.4 Å². The van der Waals surface area contributed by atoms with Crippen molar-refractivity contribution in [1.29, 1.82) is 0 Å². The second-order valence-corrected chi connectivity index (χ2v) is 7.74. The Bertz CT molecular complexity index is 420. The lowest BCUT2D eigenvalue weighted by Gasteiger charge is -2.39. The van der Waals surface area contributed by atoms with Gasteiger partial charge in [0.05, 0.1) is 6.54 Å². The molecule has 0 radical (unpaired) electrons. The molecule has 0 aromatic rings. The molecule has 1 heterocycles. The predicted octanol–water partition coefficient (Wildman–Crippen LogP) is 1.61. The first-order valence-corrected chi connectivity index (χ1v) is 9.41. The average Bonchev–Trinajstić information content (AvgIpc) is 2.59. The van der Waals surface area contributed by atoms with Gasteiger partial charge in [-0.2, -0.15) is 0 Å². The highest BCUT2D eigenvalue weighted by atomic mass is 16.2. The molecule has 3 fully saturated rings. The van der Waals surface area contributed by atoms with E-state index in [0.29, 0.717) is 32.6 Å². The lowest BCUT2D eigenvalue weighted by Crippen LogP contribution is -2.51. The van der Waals surface area contributed by atoms with Crippen LogP contribution < -0.4 is 5.73 Å². The Kier molecular flexibility index (Phi) is 5.57. The highest BCUT2D eigenvalue weighted by Crippen LogP contribution is 2.43. The summed E-state index contributed by atoms with van der Waals surface area (Å²) in [5, 5.41) is 0. The van der Waals surface area contributed by atoms with E-state index in [0.717, 1.165) is 24.2 Å². The van der Waals surface area contributed by atoms with E-state index in [4.69, 9.17) is 5.73 Å². The molecule has 1 saturated heterocycles. The molecule has 1 aliphatic heterocycles. The summed E-state index contributed by atoms with van der Waals surface area (Å²) < 4.78 is 0. The van der Waals surface area contributed by atoms with Gasteiger partial charge in [-0.3, -0.25) is 9.59 Å². The summed E-state index contributed by atoms with van der Waals surface area (Å²) in [5.41, 5.74) is 5.39. The van der Waals surface area contributed by atoms with Crippen molar-refractivity contribution in [3.8, 4) is 0 Å². The molecule has 2 saturated carbocycles. The molecule has 2 unspecified atom stereocenters. The first kappa shape index (κ1) is 16.7. The Labute approximate surface area is 139 Å². The van der Waals surface area contributed by atoms with Crippen molar-refractivity contribution in [1.82, 2.24) is 9.80 Å². The fraction of sp³-hybridized carbons (Fsp3) is 0.889. The molecule has 2 aliphatic carbocycles. The number of nitrogens with two attached hydrogens (primary N) is 1. The van der Waals surface area contributed by atoms with Crippen molar-refractivity contribution in [2.75, 3.05) is 32.7 Å². The highest BCUT2D eigenvalue weighted by molar-refractivity contribution is 5.79. The van der Waals surface area contributed by atoms with E-state index < -0.39 is 0 Å². The smallest absolute Gasteiger partial charge is 0.236 e. The quantitative estimate of drug-likeness (QED) is 0.855. The fourth-order valence-corrected chi connectivity index (χ4v) is 4.93. The van der Waals surface area contributed by atoms with Crippen molar-refractivity contribution in [2.24, 2.45) is 23.5 Å². The second-order valence-electron chi connectivity index (χ2n) is 7.74. The number of carbonyl (C=O) groups excluding carboxylic acids is 2. The molecule has 2 N–H and O–H groups in total. The zero-order valence-corrected chi connectivity index (χ0v) is 14.2. The van der Waals surface area contributed by atoms with Crippen molar-refractivity contribution in [2.45, 2.75) is 51.4 Å². The van der Waals surface area contributed by atoms with Crippen LogP contribution in [0.5, 0.6) is 0 Å². The minimum atomic E-state index is -0.00848. The summed E-state index contributed by atoms with van der Waals surface area (Å²) in [4.78, 5) is 27.7. The van der Waals surface area contributed by atoms with E-state index in [1.165, 1.54) is 38.5 Å². The lowest BCUT2D eigenvalue weighted by molar-refractivity contribution is -0.139. The molecular weight excluding hydrogens is 290 g/mol. The second kappa shape index (κ2) is 7.65. The van der Waals surface area contributed by atoms with E-state index in [-0.39, 0.29) is 18.4 Å². The molecule has 2 amide bonds. The van der Waals surface area contributed by atoms with E-state index in [1.54, 1.807) is 4.90 Å². The topological polar surface area (TPSA) is 66.6 Å². The third kappa shape index (κ3) is 4.25. The summed E-state index contributed by atoms with van der Waals surface area (Å²) in [6.45, 7) is 2.67. The molecule has 2 atom stereocenters. The number of hydrogen-bond acceptors (Lipinski definition) is 3. The van der Waals surface area contributed by atoms with Gasteiger partial charge in [0.15, 0.2) is 0 Å². The molecule has 5 heteroatoms. The van der Waals surface area contributed by atoms with Gasteiger partial charge in [0.2, 0.25) is 11.8 Å². The van der Waals surface area contributed by atoms with Gasteiger partial charge in [-0.15, -0.1) is 0 Å². The largest absolute Gasteiger partial charge is 0.339 e. The van der Waals surface area contributed by atoms with Gasteiger partial charge in [0.1, 0.15) is 0 Å². The fourth-order valence-electron chi connectivity index (χ4n) is 4.93. The summed E-state index contributed by atoms with van der Waals surface area (Å²) in [6.07, 6.45) is 10.2. The van der Waals surface area contributed by atoms with Crippen LogP contribution in [0.25, 0.3) is 0 Å². The number of hydrogen-bond donors (Lipinski definition) is 1. The molecule has 2 bridgehead atoms. The highest BCUT2D eigenvalue weighted by Gasteiger charge is 2.32. The Morgan fingerprint density at radius 2 is 1.43 bits per heavy atom. The van der Waals surface area contributed by atoms with Gasteiger partial charge in [0, 0.05) is 32.6 Å². The van der Waals surface area contributed by atoms with Crippen molar-refractivity contribution in [3.05, 3.63) is 0 Å². The molecule has 5 nitrogen and oxygen atoms in total. The van der Waals surface area contributed by atoms with Crippen molar-refractivity contribution >= 4 is 11.8 Å². The number of fused-ring (bicyclic) bond motifs is 2. The summed E-state index contributed by atoms with van der Waals surface area (Å²) in [5.74, 6) is 2.91. The van der Waals surface area contributed by atoms with E-state index >= 15 is 0 Å². The minimum absolute atomic E-state index is 0.00848. The van der Waals surface area contributed by atoms with Gasteiger partial charge >= 0.3 is 0 Å². The van der Waals surface area contributed by atoms with Crippen LogP contribution >= 0.6 is 0 Å². The number of piperazine rings is 1. The maximum Gasteiger partial charge on any atom is 0.236 e. The maximum absolute atomic E-state index is 12.4. The number of amides is 2. The summed E-state index contributed by atoms with van der Waals surface area (Å²) >= 11 is 0. The first-order chi connectivity index (χ1) is 11.2. The average molecular weight is 321 g/mol. The molecule has 130 valence electrons. The van der Waals surface area contributed by atoms with Gasteiger partial charge in [-0.1, -0.05) is 19.3 Å². The molecule has 23 heavy (non-hydrogen) atoms. The standard InChI is InChI=1S/C18H31N3O2/c19-13-18(23)21-8-6-20(7-9-21)17(22)5-4-16-11-14-2-1-3-15(10-14)12-16/h14-16H,1-13,19H2. The summed E-state index contributed by atoms with van der Waals surface area (Å²) in [6, 6.07) is 0. The van der Waals surface area contributed by atoms with Crippen LogP contribution in [-0.2, 0) is 9.59 Å². The first-order valence-electron chi connectivity index (χ1n) is 9.41. The number of nitrogens with zero attached hydrogens (tertiary/aromatic N) is 2. The Hall–Kier alpha value is -1.10. The van der Waals surface area contributed by atoms with Gasteiger partial charge in [-0.25, -0.2) is 0 Å². The van der Waals surface area contributed by atoms with E-state index in [1.807, 2.05) is 4.90 Å². The van der Waals surface area contributed by atoms with Crippen LogP contribution in [-0.4, -0.2) is 54.3 Å². The van der Waals surface area contributed by atoms with Gasteiger partial charge < -0.3 is 15.5 Å². The SMILES string of the molecule is NCC(=O)N1CCN(C(=O)CCC2CC3CCCC(C3)C2)CC1. The van der Waals surface area contributed by atoms with Crippen LogP contribution in [0, 0.1) is 17.8 Å².